The average Bonchev–Trinajstić information content (AvgIpc) is 2.40. The molecule has 0 fully saturated rings. The van der Waals surface area contributed by atoms with Crippen molar-refractivity contribution in [2.24, 2.45) is 0 Å². The fourth-order valence-corrected chi connectivity index (χ4v) is 2.83. The normalized spacial score (nSPS) is 11.1. The van der Waals surface area contributed by atoms with Gasteiger partial charge in [-0.2, -0.15) is 0 Å². The van der Waals surface area contributed by atoms with Crippen molar-refractivity contribution in [3.05, 3.63) is 52.2 Å². The van der Waals surface area contributed by atoms with Gasteiger partial charge in [0.05, 0.1) is 15.5 Å². The van der Waals surface area contributed by atoms with Crippen LogP contribution in [0.2, 0.25) is 0 Å². The van der Waals surface area contributed by atoms with E-state index < -0.39 is 14.9 Å². The third-order valence-corrected chi connectivity index (χ3v) is 4.09. The van der Waals surface area contributed by atoms with Crippen LogP contribution in [-0.2, 0) is 10.0 Å². The summed E-state index contributed by atoms with van der Waals surface area (Å²) < 4.78 is 26.8. The Morgan fingerprint density at radius 2 is 2.00 bits per heavy atom. The number of nitrogen functional groups attached to an aromatic ring is 1. The Morgan fingerprint density at radius 3 is 2.57 bits per heavy atom. The summed E-state index contributed by atoms with van der Waals surface area (Å²) in [4.78, 5) is 13.8. The molecule has 0 saturated carbocycles. The van der Waals surface area contributed by atoms with E-state index in [1.54, 1.807) is 6.92 Å². The molecule has 1 aromatic carbocycles. The molecule has 0 aliphatic rings. The molecule has 1 aromatic heterocycles. The van der Waals surface area contributed by atoms with Crippen molar-refractivity contribution < 1.29 is 13.3 Å². The highest BCUT2D eigenvalue weighted by Crippen LogP contribution is 2.24. The summed E-state index contributed by atoms with van der Waals surface area (Å²) in [6, 6.07) is 6.39. The first-order valence-electron chi connectivity index (χ1n) is 5.79. The molecule has 1 heterocycles. The zero-order chi connectivity index (χ0) is 15.6. The number of aryl methyl sites for hydroxylation is 1. The minimum atomic E-state index is -3.83. The number of pyridine rings is 1. The predicted octanol–water partition coefficient (Wildman–Crippen LogP) is 1.68. The van der Waals surface area contributed by atoms with Gasteiger partial charge in [0.2, 0.25) is 0 Å². The lowest BCUT2D eigenvalue weighted by Gasteiger charge is -2.10. The van der Waals surface area contributed by atoms with Gasteiger partial charge >= 0.3 is 0 Å². The molecule has 110 valence electrons. The van der Waals surface area contributed by atoms with E-state index in [2.05, 4.69) is 9.71 Å². The van der Waals surface area contributed by atoms with Gasteiger partial charge in [0.1, 0.15) is 5.82 Å². The van der Waals surface area contributed by atoms with Gasteiger partial charge in [0.25, 0.3) is 15.7 Å². The van der Waals surface area contributed by atoms with Crippen molar-refractivity contribution >= 4 is 27.2 Å². The number of nitro benzene ring substituents is 1. The van der Waals surface area contributed by atoms with Gasteiger partial charge in [-0.25, -0.2) is 13.4 Å². The molecule has 2 rings (SSSR count). The molecule has 0 bridgehead atoms. The van der Waals surface area contributed by atoms with Gasteiger partial charge in [-0.3, -0.25) is 14.8 Å². The van der Waals surface area contributed by atoms with Gasteiger partial charge in [0, 0.05) is 24.4 Å². The molecular weight excluding hydrogens is 296 g/mol. The Balaban J connectivity index is 2.35. The lowest BCUT2D eigenvalue weighted by molar-refractivity contribution is -0.384. The summed E-state index contributed by atoms with van der Waals surface area (Å²) in [5, 5.41) is 10.7. The number of non-ortho nitro benzene ring substituents is 1. The van der Waals surface area contributed by atoms with Gasteiger partial charge in [-0.05, 0) is 24.6 Å². The Labute approximate surface area is 120 Å². The lowest BCUT2D eigenvalue weighted by atomic mass is 10.2. The summed E-state index contributed by atoms with van der Waals surface area (Å²) in [6.07, 6.45) is 1.28. The van der Waals surface area contributed by atoms with Crippen molar-refractivity contribution in [1.82, 2.24) is 4.98 Å². The maximum absolute atomic E-state index is 12.2. The molecule has 0 amide bonds. The van der Waals surface area contributed by atoms with Crippen molar-refractivity contribution in [2.45, 2.75) is 11.8 Å². The molecule has 21 heavy (non-hydrogen) atoms. The first kappa shape index (κ1) is 14.7. The van der Waals surface area contributed by atoms with E-state index in [0.717, 1.165) is 0 Å². The Hall–Kier alpha value is -2.68. The second-order valence-electron chi connectivity index (χ2n) is 4.28. The molecule has 0 unspecified atom stereocenters. The monoisotopic (exact) mass is 308 g/mol. The number of sulfonamides is 1. The van der Waals surface area contributed by atoms with E-state index in [1.807, 2.05) is 0 Å². The number of aromatic nitrogens is 1. The van der Waals surface area contributed by atoms with E-state index in [1.165, 1.54) is 36.5 Å². The van der Waals surface area contributed by atoms with E-state index in [0.29, 0.717) is 5.56 Å². The maximum Gasteiger partial charge on any atom is 0.269 e. The van der Waals surface area contributed by atoms with Crippen LogP contribution in [0.5, 0.6) is 0 Å². The summed E-state index contributed by atoms with van der Waals surface area (Å²) in [6.45, 7) is 1.58. The van der Waals surface area contributed by atoms with Crippen LogP contribution in [0.1, 0.15) is 5.56 Å². The number of rotatable bonds is 4. The summed E-state index contributed by atoms with van der Waals surface area (Å²) in [5.41, 5.74) is 6.05. The number of nitro groups is 1. The number of benzene rings is 1. The molecule has 0 aliphatic carbocycles. The van der Waals surface area contributed by atoms with E-state index in [4.69, 9.17) is 5.73 Å². The van der Waals surface area contributed by atoms with Gasteiger partial charge in [-0.15, -0.1) is 0 Å². The van der Waals surface area contributed by atoms with Crippen LogP contribution in [-0.4, -0.2) is 18.3 Å². The number of anilines is 2. The first-order valence-corrected chi connectivity index (χ1v) is 7.27. The van der Waals surface area contributed by atoms with E-state index in [-0.39, 0.29) is 22.1 Å². The number of hydrogen-bond acceptors (Lipinski definition) is 6. The van der Waals surface area contributed by atoms with Crippen molar-refractivity contribution in [2.75, 3.05) is 10.5 Å². The van der Waals surface area contributed by atoms with Crippen molar-refractivity contribution in [1.29, 1.82) is 0 Å². The van der Waals surface area contributed by atoms with Crippen LogP contribution in [0.15, 0.2) is 41.4 Å². The molecule has 0 spiro atoms. The van der Waals surface area contributed by atoms with Gasteiger partial charge in [0.15, 0.2) is 0 Å². The number of nitrogens with one attached hydrogen (secondary N) is 1. The molecule has 0 radical (unpaired) electrons. The van der Waals surface area contributed by atoms with Crippen LogP contribution >= 0.6 is 0 Å². The molecule has 2 aromatic rings. The van der Waals surface area contributed by atoms with Crippen molar-refractivity contribution in [3.63, 3.8) is 0 Å². The molecule has 0 atom stereocenters. The average molecular weight is 308 g/mol. The molecule has 3 N–H and O–H groups in total. The maximum atomic E-state index is 12.2. The largest absolute Gasteiger partial charge is 0.384 e. The number of nitrogens with two attached hydrogens (primary N) is 1. The molecule has 9 heteroatoms. The van der Waals surface area contributed by atoms with Crippen LogP contribution in [0, 0.1) is 17.0 Å². The smallest absolute Gasteiger partial charge is 0.269 e. The van der Waals surface area contributed by atoms with Gasteiger partial charge < -0.3 is 5.73 Å². The highest BCUT2D eigenvalue weighted by Gasteiger charge is 2.17. The Kier molecular flexibility index (Phi) is 3.76. The van der Waals surface area contributed by atoms with Crippen LogP contribution in [0.3, 0.4) is 0 Å². The summed E-state index contributed by atoms with van der Waals surface area (Å²) in [7, 11) is -3.83. The summed E-state index contributed by atoms with van der Waals surface area (Å²) in [5.74, 6) is 0.0818. The molecule has 8 nitrogen and oxygen atoms in total. The topological polar surface area (TPSA) is 128 Å². The third-order valence-electron chi connectivity index (χ3n) is 2.73. The minimum absolute atomic E-state index is 0.0345. The van der Waals surface area contributed by atoms with E-state index in [9.17, 15) is 18.5 Å². The summed E-state index contributed by atoms with van der Waals surface area (Å²) >= 11 is 0. The minimum Gasteiger partial charge on any atom is -0.384 e. The predicted molar refractivity (Wildman–Crippen MR) is 77.3 cm³/mol. The molecular formula is C12H12N4O4S. The quantitative estimate of drug-likeness (QED) is 0.653. The van der Waals surface area contributed by atoms with Crippen LogP contribution in [0.25, 0.3) is 0 Å². The van der Waals surface area contributed by atoms with Crippen molar-refractivity contribution in [3.8, 4) is 0 Å². The third kappa shape index (κ3) is 3.26. The zero-order valence-corrected chi connectivity index (χ0v) is 11.8. The standard InChI is InChI=1S/C12H12N4O4S/c1-8-6-9(16(17)18)2-3-11(8)15-21(19,20)10-4-5-14-12(13)7-10/h2-7,15H,1H3,(H2,13,14). The SMILES string of the molecule is Cc1cc([N+](=O)[O-])ccc1NS(=O)(=O)c1ccnc(N)c1. The zero-order valence-electron chi connectivity index (χ0n) is 11.0. The molecule has 0 aliphatic heterocycles. The fourth-order valence-electron chi connectivity index (χ4n) is 1.67. The Bertz CT molecular complexity index is 805. The second-order valence-corrected chi connectivity index (χ2v) is 5.96. The Morgan fingerprint density at radius 1 is 1.29 bits per heavy atom. The number of hydrogen-bond donors (Lipinski definition) is 2. The van der Waals surface area contributed by atoms with Crippen LogP contribution < -0.4 is 10.5 Å². The highest BCUT2D eigenvalue weighted by molar-refractivity contribution is 7.92. The molecule has 0 saturated heterocycles. The lowest BCUT2D eigenvalue weighted by Crippen LogP contribution is -2.14. The second kappa shape index (κ2) is 5.37. The van der Waals surface area contributed by atoms with Gasteiger partial charge in [-0.1, -0.05) is 0 Å². The highest BCUT2D eigenvalue weighted by atomic mass is 32.2. The van der Waals surface area contributed by atoms with Crippen LogP contribution in [0.4, 0.5) is 17.2 Å². The number of nitrogens with zero attached hydrogens (tertiary/aromatic N) is 2. The van der Waals surface area contributed by atoms with E-state index >= 15 is 0 Å². The first-order chi connectivity index (χ1) is 9.79. The fraction of sp³-hybridized carbons (Fsp3) is 0.0833.